The third-order valence-corrected chi connectivity index (χ3v) is 3.01. The Labute approximate surface area is 119 Å². The Balaban J connectivity index is 2.05. The molecule has 1 aromatic heterocycles. The molecule has 6 heteroatoms. The Hall–Kier alpha value is -2.60. The molecule has 2 aromatic carbocycles. The zero-order valence-corrected chi connectivity index (χ0v) is 10.9. The SMILES string of the molecule is OCn1nc(-c2ccc(F)cc2)nc1-c1ccc(F)cc1. The molecule has 0 saturated carbocycles. The van der Waals surface area contributed by atoms with E-state index < -0.39 is 0 Å². The molecule has 1 N–H and O–H groups in total. The van der Waals surface area contributed by atoms with Gasteiger partial charge in [0.15, 0.2) is 11.6 Å². The van der Waals surface area contributed by atoms with Crippen molar-refractivity contribution in [2.24, 2.45) is 0 Å². The number of aromatic nitrogens is 3. The van der Waals surface area contributed by atoms with Gasteiger partial charge in [0.1, 0.15) is 18.4 Å². The Morgan fingerprint density at radius 2 is 1.38 bits per heavy atom. The number of rotatable bonds is 3. The highest BCUT2D eigenvalue weighted by Gasteiger charge is 2.13. The van der Waals surface area contributed by atoms with Crippen LogP contribution < -0.4 is 0 Å². The smallest absolute Gasteiger partial charge is 0.181 e. The van der Waals surface area contributed by atoms with Gasteiger partial charge in [-0.15, -0.1) is 5.10 Å². The molecule has 0 amide bonds. The van der Waals surface area contributed by atoms with Crippen LogP contribution in [-0.2, 0) is 6.73 Å². The number of hydrogen-bond donors (Lipinski definition) is 1. The summed E-state index contributed by atoms with van der Waals surface area (Å²) >= 11 is 0. The third-order valence-electron chi connectivity index (χ3n) is 3.01. The second-order valence-corrected chi connectivity index (χ2v) is 4.41. The molecule has 3 rings (SSSR count). The van der Waals surface area contributed by atoms with Crippen molar-refractivity contribution < 1.29 is 13.9 Å². The van der Waals surface area contributed by atoms with Gasteiger partial charge in [0.25, 0.3) is 0 Å². The molecule has 0 bridgehead atoms. The minimum absolute atomic E-state index is 0.348. The second kappa shape index (κ2) is 5.41. The summed E-state index contributed by atoms with van der Waals surface area (Å²) in [7, 11) is 0. The first-order chi connectivity index (χ1) is 10.2. The van der Waals surface area contributed by atoms with Crippen molar-refractivity contribution >= 4 is 0 Å². The summed E-state index contributed by atoms with van der Waals surface area (Å²) in [6, 6.07) is 11.5. The maximum atomic E-state index is 13.0. The first-order valence-electron chi connectivity index (χ1n) is 6.25. The lowest BCUT2D eigenvalue weighted by molar-refractivity contribution is 0.197. The van der Waals surface area contributed by atoms with E-state index in [1.54, 1.807) is 24.3 Å². The minimum Gasteiger partial charge on any atom is -0.374 e. The van der Waals surface area contributed by atoms with Gasteiger partial charge >= 0.3 is 0 Å². The van der Waals surface area contributed by atoms with E-state index in [2.05, 4.69) is 10.1 Å². The fourth-order valence-corrected chi connectivity index (χ4v) is 1.97. The number of aliphatic hydroxyl groups is 1. The fraction of sp³-hybridized carbons (Fsp3) is 0.0667. The highest BCUT2D eigenvalue weighted by Crippen LogP contribution is 2.22. The van der Waals surface area contributed by atoms with Crippen molar-refractivity contribution in [3.8, 4) is 22.8 Å². The lowest BCUT2D eigenvalue weighted by atomic mass is 10.2. The molecular weight excluding hydrogens is 276 g/mol. The van der Waals surface area contributed by atoms with E-state index >= 15 is 0 Å². The van der Waals surface area contributed by atoms with Crippen molar-refractivity contribution in [2.75, 3.05) is 0 Å². The monoisotopic (exact) mass is 287 g/mol. The standard InChI is InChI=1S/C15H11F2N3O/c16-12-5-1-10(2-6-12)14-18-15(20(9-21)19-14)11-3-7-13(17)8-4-11/h1-8,21H,9H2. The van der Waals surface area contributed by atoms with Crippen molar-refractivity contribution in [2.45, 2.75) is 6.73 Å². The fourth-order valence-electron chi connectivity index (χ4n) is 1.97. The average Bonchev–Trinajstić information content (AvgIpc) is 2.93. The van der Waals surface area contributed by atoms with Crippen LogP contribution in [0.15, 0.2) is 48.5 Å². The van der Waals surface area contributed by atoms with Gasteiger partial charge in [-0.05, 0) is 48.5 Å². The molecule has 0 aliphatic carbocycles. The van der Waals surface area contributed by atoms with Crippen LogP contribution in [-0.4, -0.2) is 19.9 Å². The van der Waals surface area contributed by atoms with Crippen LogP contribution in [0.25, 0.3) is 22.8 Å². The molecule has 0 unspecified atom stereocenters. The van der Waals surface area contributed by atoms with Crippen molar-refractivity contribution in [3.05, 3.63) is 60.2 Å². The summed E-state index contributed by atoms with van der Waals surface area (Å²) in [5, 5.41) is 13.5. The maximum absolute atomic E-state index is 13.0. The lowest BCUT2D eigenvalue weighted by Crippen LogP contribution is -2.01. The quantitative estimate of drug-likeness (QED) is 0.806. The average molecular weight is 287 g/mol. The van der Waals surface area contributed by atoms with Crippen LogP contribution in [0.3, 0.4) is 0 Å². The van der Waals surface area contributed by atoms with E-state index in [4.69, 9.17) is 0 Å². The van der Waals surface area contributed by atoms with Crippen LogP contribution in [0.4, 0.5) is 8.78 Å². The predicted molar refractivity (Wildman–Crippen MR) is 73.0 cm³/mol. The zero-order valence-electron chi connectivity index (χ0n) is 10.9. The van der Waals surface area contributed by atoms with E-state index in [-0.39, 0.29) is 18.4 Å². The van der Waals surface area contributed by atoms with E-state index in [1.165, 1.54) is 28.9 Å². The molecule has 0 spiro atoms. The number of halogens is 2. The Bertz CT molecular complexity index is 752. The maximum Gasteiger partial charge on any atom is 0.181 e. The molecule has 0 radical (unpaired) electrons. The first-order valence-corrected chi connectivity index (χ1v) is 6.25. The van der Waals surface area contributed by atoms with Gasteiger partial charge in [-0.2, -0.15) is 0 Å². The number of benzene rings is 2. The van der Waals surface area contributed by atoms with Crippen molar-refractivity contribution in [1.29, 1.82) is 0 Å². The van der Waals surface area contributed by atoms with E-state index in [1.807, 2.05) is 0 Å². The number of nitrogens with zero attached hydrogens (tertiary/aromatic N) is 3. The van der Waals surface area contributed by atoms with Crippen LogP contribution >= 0.6 is 0 Å². The molecule has 1 heterocycles. The summed E-state index contributed by atoms with van der Waals surface area (Å²) in [6.07, 6.45) is 0. The molecule has 21 heavy (non-hydrogen) atoms. The summed E-state index contributed by atoms with van der Waals surface area (Å²) in [6.45, 7) is -0.360. The van der Waals surface area contributed by atoms with Gasteiger partial charge in [-0.1, -0.05) is 0 Å². The third kappa shape index (κ3) is 2.66. The van der Waals surface area contributed by atoms with Crippen molar-refractivity contribution in [3.63, 3.8) is 0 Å². The molecule has 4 nitrogen and oxygen atoms in total. The lowest BCUT2D eigenvalue weighted by Gasteiger charge is -2.01. The molecule has 0 atom stereocenters. The van der Waals surface area contributed by atoms with Crippen LogP contribution in [0.2, 0.25) is 0 Å². The molecule has 0 aliphatic heterocycles. The Kier molecular flexibility index (Phi) is 3.45. The highest BCUT2D eigenvalue weighted by molar-refractivity contribution is 5.61. The number of hydrogen-bond acceptors (Lipinski definition) is 3. The molecule has 3 aromatic rings. The summed E-state index contributed by atoms with van der Waals surface area (Å²) in [4.78, 5) is 4.33. The van der Waals surface area contributed by atoms with Gasteiger partial charge in [0.05, 0.1) is 0 Å². The molecule has 106 valence electrons. The molecule has 0 saturated heterocycles. The molecular formula is C15H11F2N3O. The van der Waals surface area contributed by atoms with Crippen LogP contribution in [0.1, 0.15) is 0 Å². The van der Waals surface area contributed by atoms with Gasteiger partial charge in [0, 0.05) is 11.1 Å². The summed E-state index contributed by atoms with van der Waals surface area (Å²) < 4.78 is 27.2. The molecule has 0 aliphatic rings. The summed E-state index contributed by atoms with van der Waals surface area (Å²) in [5.41, 5.74) is 1.26. The zero-order chi connectivity index (χ0) is 14.8. The van der Waals surface area contributed by atoms with Gasteiger partial charge in [-0.3, -0.25) is 0 Å². The van der Waals surface area contributed by atoms with Gasteiger partial charge in [-0.25, -0.2) is 18.4 Å². The van der Waals surface area contributed by atoms with Crippen LogP contribution in [0.5, 0.6) is 0 Å². The minimum atomic E-state index is -0.360. The summed E-state index contributed by atoms with van der Waals surface area (Å²) in [5.74, 6) is 0.0758. The largest absolute Gasteiger partial charge is 0.374 e. The van der Waals surface area contributed by atoms with Gasteiger partial charge in [0.2, 0.25) is 0 Å². The van der Waals surface area contributed by atoms with E-state index in [0.717, 1.165) is 0 Å². The highest BCUT2D eigenvalue weighted by atomic mass is 19.1. The number of aliphatic hydroxyl groups excluding tert-OH is 1. The first kappa shape index (κ1) is 13.4. The van der Waals surface area contributed by atoms with E-state index in [9.17, 15) is 13.9 Å². The van der Waals surface area contributed by atoms with Crippen molar-refractivity contribution in [1.82, 2.24) is 14.8 Å². The normalized spacial score (nSPS) is 10.8. The Morgan fingerprint density at radius 1 is 0.857 bits per heavy atom. The predicted octanol–water partition coefficient (Wildman–Crippen LogP) is 2.84. The van der Waals surface area contributed by atoms with Gasteiger partial charge < -0.3 is 5.11 Å². The van der Waals surface area contributed by atoms with Crippen LogP contribution in [0, 0.1) is 11.6 Å². The second-order valence-electron chi connectivity index (χ2n) is 4.41. The topological polar surface area (TPSA) is 50.9 Å². The molecule has 0 fully saturated rings. The Morgan fingerprint density at radius 3 is 1.90 bits per heavy atom. The van der Waals surface area contributed by atoms with E-state index in [0.29, 0.717) is 22.8 Å².